The third-order valence-corrected chi connectivity index (χ3v) is 10.3. The highest BCUT2D eigenvalue weighted by atomic mass is 16.2. The molecule has 0 radical (unpaired) electrons. The van der Waals surface area contributed by atoms with Gasteiger partial charge in [-0.2, -0.15) is 0 Å². The van der Waals surface area contributed by atoms with Crippen LogP contribution in [0.2, 0.25) is 0 Å². The van der Waals surface area contributed by atoms with Crippen molar-refractivity contribution in [2.75, 3.05) is 38.0 Å². The van der Waals surface area contributed by atoms with Crippen LogP contribution in [0.5, 0.6) is 0 Å². The van der Waals surface area contributed by atoms with Crippen molar-refractivity contribution in [2.45, 2.75) is 75.8 Å². The van der Waals surface area contributed by atoms with E-state index in [1.54, 1.807) is 18.2 Å². The van der Waals surface area contributed by atoms with E-state index in [9.17, 15) is 24.0 Å². The van der Waals surface area contributed by atoms with Crippen molar-refractivity contribution in [1.82, 2.24) is 30.0 Å². The Morgan fingerprint density at radius 3 is 2.48 bits per heavy atom. The van der Waals surface area contributed by atoms with Crippen molar-refractivity contribution in [2.24, 2.45) is 0 Å². The lowest BCUT2D eigenvalue weighted by molar-refractivity contribution is -0.136. The third kappa shape index (κ3) is 6.53. The molecule has 0 bridgehead atoms. The number of amides is 5. The first-order valence-electron chi connectivity index (χ1n) is 17.2. The molecule has 250 valence electrons. The molecule has 2 aromatic carbocycles. The Balaban J connectivity index is 0.801. The van der Waals surface area contributed by atoms with Crippen LogP contribution in [0.15, 0.2) is 48.7 Å². The zero-order valence-corrected chi connectivity index (χ0v) is 27.0. The number of carbonyl (C=O) groups excluding carboxylic acids is 5. The van der Waals surface area contributed by atoms with Gasteiger partial charge in [0.15, 0.2) is 0 Å². The molecule has 0 spiro atoms. The van der Waals surface area contributed by atoms with Crippen LogP contribution in [0.1, 0.15) is 90.1 Å². The first-order chi connectivity index (χ1) is 23.4. The fraction of sp³-hybridized carbons (Fsp3) is 0.472. The molecule has 2 N–H and O–H groups in total. The summed E-state index contributed by atoms with van der Waals surface area (Å²) in [5, 5.41) is 5.52. The van der Waals surface area contributed by atoms with Crippen molar-refractivity contribution < 1.29 is 24.0 Å². The number of hydrogen-bond acceptors (Lipinski definition) is 9. The minimum absolute atomic E-state index is 0.0876. The van der Waals surface area contributed by atoms with Crippen LogP contribution in [-0.2, 0) is 14.4 Å². The summed E-state index contributed by atoms with van der Waals surface area (Å²) in [7, 11) is 0. The number of nitrogens with zero attached hydrogens (tertiary/aromatic N) is 5. The molecule has 2 unspecified atom stereocenters. The Labute approximate surface area is 279 Å². The molecule has 5 heterocycles. The largest absolute Gasteiger partial charge is 0.385 e. The number of piperidine rings is 2. The molecule has 0 saturated carbocycles. The average molecular weight is 652 g/mol. The van der Waals surface area contributed by atoms with Crippen molar-refractivity contribution in [3.05, 3.63) is 65.5 Å². The number of unbranched alkanes of at least 4 members (excludes halogenated alkanes) is 2. The minimum Gasteiger partial charge on any atom is -0.385 e. The van der Waals surface area contributed by atoms with E-state index in [4.69, 9.17) is 4.98 Å². The van der Waals surface area contributed by atoms with Crippen molar-refractivity contribution >= 4 is 46.3 Å². The summed E-state index contributed by atoms with van der Waals surface area (Å²) in [6, 6.07) is 12.5. The number of carbonyl (C=O) groups is 5. The van der Waals surface area contributed by atoms with Gasteiger partial charge < -0.3 is 10.2 Å². The van der Waals surface area contributed by atoms with Gasteiger partial charge in [-0.25, -0.2) is 4.98 Å². The second-order valence-corrected chi connectivity index (χ2v) is 13.3. The highest BCUT2D eigenvalue weighted by Gasteiger charge is 2.44. The monoisotopic (exact) mass is 651 g/mol. The lowest BCUT2D eigenvalue weighted by Crippen LogP contribution is -2.54. The molecule has 7 rings (SSSR count). The number of para-hydroxylation sites is 2. The van der Waals surface area contributed by atoms with Crippen LogP contribution in [0.25, 0.3) is 11.0 Å². The number of hydrogen-bond donors (Lipinski definition) is 2. The van der Waals surface area contributed by atoms with Crippen molar-refractivity contribution in [3.8, 4) is 0 Å². The van der Waals surface area contributed by atoms with Gasteiger partial charge in [-0.05, 0) is 75.4 Å². The fourth-order valence-corrected chi connectivity index (χ4v) is 7.56. The van der Waals surface area contributed by atoms with Gasteiger partial charge in [0.25, 0.3) is 11.8 Å². The molecule has 3 aromatic rings. The van der Waals surface area contributed by atoms with E-state index in [-0.39, 0.29) is 29.9 Å². The molecule has 12 nitrogen and oxygen atoms in total. The molecule has 4 aliphatic heterocycles. The zero-order valence-electron chi connectivity index (χ0n) is 27.0. The molecular weight excluding hydrogens is 610 g/mol. The highest BCUT2D eigenvalue weighted by molar-refractivity contribution is 6.23. The first kappa shape index (κ1) is 31.9. The lowest BCUT2D eigenvalue weighted by atomic mass is 10.0. The number of rotatable bonds is 10. The van der Waals surface area contributed by atoms with Crippen LogP contribution in [0, 0.1) is 0 Å². The number of likely N-dealkylation sites (tertiary alicyclic amines) is 2. The quantitative estimate of drug-likeness (QED) is 0.249. The summed E-state index contributed by atoms with van der Waals surface area (Å²) in [6.07, 6.45) is 8.38. The Kier molecular flexibility index (Phi) is 9.16. The summed E-state index contributed by atoms with van der Waals surface area (Å²) in [5.41, 5.74) is 4.20. The predicted molar refractivity (Wildman–Crippen MR) is 178 cm³/mol. The van der Waals surface area contributed by atoms with E-state index in [0.717, 1.165) is 86.3 Å². The summed E-state index contributed by atoms with van der Waals surface area (Å²) in [5.74, 6) is -1.41. The van der Waals surface area contributed by atoms with E-state index in [2.05, 4.69) is 20.5 Å². The van der Waals surface area contributed by atoms with Gasteiger partial charge in [0.2, 0.25) is 17.7 Å². The maximum atomic E-state index is 13.1. The van der Waals surface area contributed by atoms with Crippen LogP contribution >= 0.6 is 0 Å². The highest BCUT2D eigenvalue weighted by Crippen LogP contribution is 2.32. The fourth-order valence-electron chi connectivity index (χ4n) is 7.56. The summed E-state index contributed by atoms with van der Waals surface area (Å²) < 4.78 is 0. The first-order valence-corrected chi connectivity index (χ1v) is 17.2. The second kappa shape index (κ2) is 13.8. The van der Waals surface area contributed by atoms with E-state index < -0.39 is 29.7 Å². The predicted octanol–water partition coefficient (Wildman–Crippen LogP) is 3.48. The maximum Gasteiger partial charge on any atom is 0.262 e. The van der Waals surface area contributed by atoms with Gasteiger partial charge in [-0.3, -0.25) is 44.1 Å². The van der Waals surface area contributed by atoms with Crippen molar-refractivity contribution in [1.29, 1.82) is 0 Å². The normalized spacial score (nSPS) is 22.0. The molecule has 3 fully saturated rings. The zero-order chi connectivity index (χ0) is 33.2. The Morgan fingerprint density at radius 1 is 0.875 bits per heavy atom. The van der Waals surface area contributed by atoms with Gasteiger partial charge >= 0.3 is 0 Å². The van der Waals surface area contributed by atoms with Crippen LogP contribution in [0.3, 0.4) is 0 Å². The van der Waals surface area contributed by atoms with Gasteiger partial charge in [-0.15, -0.1) is 0 Å². The topological polar surface area (TPSA) is 145 Å². The Morgan fingerprint density at radius 2 is 1.67 bits per heavy atom. The Hall–Kier alpha value is -4.71. The van der Waals surface area contributed by atoms with Crippen LogP contribution < -0.4 is 10.6 Å². The summed E-state index contributed by atoms with van der Waals surface area (Å²) in [4.78, 5) is 77.8. The van der Waals surface area contributed by atoms with Crippen molar-refractivity contribution in [3.63, 3.8) is 0 Å². The molecule has 3 saturated heterocycles. The van der Waals surface area contributed by atoms with E-state index in [1.165, 1.54) is 0 Å². The molecule has 0 aliphatic carbocycles. The van der Waals surface area contributed by atoms with Gasteiger partial charge in [0, 0.05) is 62.9 Å². The molecule has 12 heteroatoms. The SMILES string of the molecule is O=C1CCC(N2C(=O)c3ccc(NCCCCCC(=O)N4CCC(N5CCC(c6cnc7ccccc7n6)C5)CC4)cc3C2=O)C(=O)N1. The molecule has 1 aromatic heterocycles. The molecular formula is C36H41N7O5. The number of benzene rings is 2. The maximum absolute atomic E-state index is 13.1. The standard InChI is InChI=1S/C36H41N7O5/c44-32-12-11-31(34(46)40-32)43-35(47)26-10-9-24(20-27(26)36(43)48)37-16-5-1-2-8-33(45)41-18-14-25(15-19-41)42-17-13-23(22-42)30-21-38-28-6-3-4-7-29(28)39-30/h3-4,6-7,9-10,20-21,23,25,31,37H,1-2,5,8,11-19,22H2,(H,40,44,46). The van der Waals surface area contributed by atoms with E-state index in [0.29, 0.717) is 30.6 Å². The number of nitrogens with one attached hydrogen (secondary N) is 2. The molecule has 2 atom stereocenters. The number of anilines is 1. The third-order valence-electron chi connectivity index (χ3n) is 10.3. The molecule has 48 heavy (non-hydrogen) atoms. The van der Waals surface area contributed by atoms with Crippen LogP contribution in [0.4, 0.5) is 5.69 Å². The van der Waals surface area contributed by atoms with E-state index in [1.807, 2.05) is 35.4 Å². The second-order valence-electron chi connectivity index (χ2n) is 13.3. The summed E-state index contributed by atoms with van der Waals surface area (Å²) >= 11 is 0. The number of imide groups is 2. The minimum atomic E-state index is -0.976. The van der Waals surface area contributed by atoms with Gasteiger partial charge in [0.1, 0.15) is 6.04 Å². The van der Waals surface area contributed by atoms with E-state index >= 15 is 0 Å². The number of fused-ring (bicyclic) bond motifs is 2. The summed E-state index contributed by atoms with van der Waals surface area (Å²) in [6.45, 7) is 4.34. The van der Waals surface area contributed by atoms with Crippen LogP contribution in [-0.4, -0.2) is 99.0 Å². The van der Waals surface area contributed by atoms with Gasteiger partial charge in [0.05, 0.1) is 27.9 Å². The average Bonchev–Trinajstić information content (AvgIpc) is 3.69. The Bertz CT molecular complexity index is 1750. The lowest BCUT2D eigenvalue weighted by Gasteiger charge is -2.37. The van der Waals surface area contributed by atoms with Gasteiger partial charge in [-0.1, -0.05) is 18.6 Å². The number of aromatic nitrogens is 2. The molecule has 5 amide bonds. The smallest absolute Gasteiger partial charge is 0.262 e. The molecule has 4 aliphatic rings.